The number of nitrogens with one attached hydrogen (secondary N) is 1. The van der Waals surface area contributed by atoms with Gasteiger partial charge in [-0.1, -0.05) is 18.2 Å². The zero-order chi connectivity index (χ0) is 8.10. The Bertz CT molecular complexity index is 290. The minimum absolute atomic E-state index is 1.09. The number of hydrogen-bond donors (Lipinski definition) is 2. The topological polar surface area (TPSA) is 48.9 Å². The van der Waals surface area contributed by atoms with Crippen LogP contribution in [0, 0.1) is 0 Å². The Labute approximate surface area is 65.5 Å². The first-order valence-electron chi connectivity index (χ1n) is 3.11. The molecule has 3 nitrogen and oxygen atoms in total. The number of fused-ring (bicyclic) bond motifs is 1. The summed E-state index contributed by atoms with van der Waals surface area (Å²) in [6, 6.07) is 8.01. The van der Waals surface area contributed by atoms with Crippen molar-refractivity contribution in [3.05, 3.63) is 30.5 Å². The van der Waals surface area contributed by atoms with Gasteiger partial charge in [0, 0.05) is 5.39 Å². The average Bonchev–Trinajstić information content (AvgIpc) is 2.55. The van der Waals surface area contributed by atoms with E-state index in [0.29, 0.717) is 0 Å². The summed E-state index contributed by atoms with van der Waals surface area (Å²) in [4.78, 5) is 0. The second-order valence-electron chi connectivity index (χ2n) is 1.96. The van der Waals surface area contributed by atoms with Crippen LogP contribution in [-0.2, 0) is 0 Å². The lowest BCUT2D eigenvalue weighted by Crippen LogP contribution is -1.63. The van der Waals surface area contributed by atoms with Crippen LogP contribution in [0.25, 0.3) is 10.9 Å². The number of aromatic amines is 1. The van der Waals surface area contributed by atoms with Gasteiger partial charge in [-0.3, -0.25) is 5.10 Å². The normalized spacial score (nSPS) is 8.82. The van der Waals surface area contributed by atoms with Crippen LogP contribution in [0.5, 0.6) is 0 Å². The van der Waals surface area contributed by atoms with Crippen LogP contribution < -0.4 is 0 Å². The minimum atomic E-state index is 1.09. The molecule has 0 aliphatic rings. The maximum Gasteiger partial charge on any atom is 0.277 e. The molecule has 0 aliphatic carbocycles. The van der Waals surface area contributed by atoms with Gasteiger partial charge in [0.05, 0.1) is 11.7 Å². The smallest absolute Gasteiger partial charge is 0.277 e. The SMILES string of the molecule is [B]O.c1ccc2[nH]ncc2c1. The molecule has 2 radical (unpaired) electrons. The van der Waals surface area contributed by atoms with Crippen molar-refractivity contribution < 1.29 is 5.02 Å². The second kappa shape index (κ2) is 3.78. The number of aromatic nitrogens is 2. The highest BCUT2D eigenvalue weighted by Gasteiger charge is 1.88. The Morgan fingerprint density at radius 2 is 2.00 bits per heavy atom. The molecule has 0 amide bonds. The van der Waals surface area contributed by atoms with Crippen molar-refractivity contribution in [3.8, 4) is 0 Å². The number of rotatable bonds is 0. The molecule has 0 unspecified atom stereocenters. The first-order chi connectivity index (χ1) is 5.47. The highest BCUT2D eigenvalue weighted by molar-refractivity contribution is 5.95. The lowest BCUT2D eigenvalue weighted by molar-refractivity contribution is 0.629. The van der Waals surface area contributed by atoms with Gasteiger partial charge in [0.1, 0.15) is 0 Å². The van der Waals surface area contributed by atoms with Crippen LogP contribution in [0.3, 0.4) is 0 Å². The maximum absolute atomic E-state index is 6.50. The van der Waals surface area contributed by atoms with Crippen LogP contribution in [0.2, 0.25) is 0 Å². The highest BCUT2D eigenvalue weighted by atomic mass is 16.2. The zero-order valence-corrected chi connectivity index (χ0v) is 5.86. The zero-order valence-electron chi connectivity index (χ0n) is 5.86. The fraction of sp³-hybridized carbons (Fsp3) is 0. The standard InChI is InChI=1S/C7H6N2.BHO/c1-2-4-7-6(3-1)5-8-9-7;1-2/h1-5H,(H,8,9);2H. The molecule has 2 aromatic rings. The van der Waals surface area contributed by atoms with Crippen molar-refractivity contribution in [2.75, 3.05) is 0 Å². The van der Waals surface area contributed by atoms with Crippen LogP contribution in [0.4, 0.5) is 0 Å². The summed E-state index contributed by atoms with van der Waals surface area (Å²) >= 11 is 0. The first kappa shape index (κ1) is 7.82. The monoisotopic (exact) mass is 146 g/mol. The Kier molecular flexibility index (Phi) is 2.69. The third kappa shape index (κ3) is 1.59. The Balaban J connectivity index is 0.000000281. The number of para-hydroxylation sites is 1. The van der Waals surface area contributed by atoms with Gasteiger partial charge in [-0.25, -0.2) is 0 Å². The molecule has 1 aromatic carbocycles. The summed E-state index contributed by atoms with van der Waals surface area (Å²) in [6.07, 6.45) is 1.81. The molecule has 0 aliphatic heterocycles. The minimum Gasteiger partial charge on any atom is -0.461 e. The van der Waals surface area contributed by atoms with Crippen molar-refractivity contribution in [1.29, 1.82) is 0 Å². The molecule has 0 bridgehead atoms. The summed E-state index contributed by atoms with van der Waals surface area (Å²) in [6.45, 7) is 0. The molecule has 0 fully saturated rings. The van der Waals surface area contributed by atoms with Crippen LogP contribution >= 0.6 is 0 Å². The van der Waals surface area contributed by atoms with Crippen molar-refractivity contribution in [3.63, 3.8) is 0 Å². The van der Waals surface area contributed by atoms with E-state index in [1.807, 2.05) is 30.5 Å². The Hall–Kier alpha value is -1.29. The molecule has 0 atom stereocenters. The van der Waals surface area contributed by atoms with Crippen LogP contribution in [0.15, 0.2) is 30.5 Å². The lowest BCUT2D eigenvalue weighted by atomic mass is 10.3. The maximum atomic E-state index is 6.50. The summed E-state index contributed by atoms with van der Waals surface area (Å²) in [7, 11) is 3.50. The van der Waals surface area contributed by atoms with Crippen LogP contribution in [0.1, 0.15) is 0 Å². The van der Waals surface area contributed by atoms with Gasteiger partial charge >= 0.3 is 0 Å². The van der Waals surface area contributed by atoms with Gasteiger partial charge in [-0.15, -0.1) is 0 Å². The molecule has 2 N–H and O–H groups in total. The predicted molar refractivity (Wildman–Crippen MR) is 44.1 cm³/mol. The van der Waals surface area contributed by atoms with E-state index in [0.717, 1.165) is 10.9 Å². The molecular formula is C7H7BN2O. The van der Waals surface area contributed by atoms with Crippen LogP contribution in [-0.4, -0.2) is 23.3 Å². The number of H-pyrrole nitrogens is 1. The van der Waals surface area contributed by atoms with Crippen molar-refractivity contribution in [2.24, 2.45) is 0 Å². The lowest BCUT2D eigenvalue weighted by Gasteiger charge is -1.81. The van der Waals surface area contributed by atoms with Crippen molar-refractivity contribution >= 4 is 19.0 Å². The largest absolute Gasteiger partial charge is 0.461 e. The Morgan fingerprint density at radius 3 is 2.73 bits per heavy atom. The number of hydrogen-bond acceptors (Lipinski definition) is 2. The summed E-state index contributed by atoms with van der Waals surface area (Å²) in [5.74, 6) is 0. The molecule has 4 heteroatoms. The van der Waals surface area contributed by atoms with E-state index in [4.69, 9.17) is 5.02 Å². The molecule has 0 saturated heterocycles. The molecule has 11 heavy (non-hydrogen) atoms. The van der Waals surface area contributed by atoms with E-state index in [-0.39, 0.29) is 0 Å². The van der Waals surface area contributed by atoms with Gasteiger partial charge in [0.2, 0.25) is 0 Å². The molecule has 0 spiro atoms. The van der Waals surface area contributed by atoms with Gasteiger partial charge in [-0.05, 0) is 6.07 Å². The van der Waals surface area contributed by atoms with Gasteiger partial charge in [0.15, 0.2) is 0 Å². The predicted octanol–water partition coefficient (Wildman–Crippen LogP) is 0.625. The van der Waals surface area contributed by atoms with E-state index in [1.165, 1.54) is 0 Å². The summed E-state index contributed by atoms with van der Waals surface area (Å²) in [5.41, 5.74) is 1.09. The third-order valence-electron chi connectivity index (χ3n) is 1.35. The van der Waals surface area contributed by atoms with E-state index in [1.54, 1.807) is 0 Å². The molecular weight excluding hydrogens is 139 g/mol. The quantitative estimate of drug-likeness (QED) is 0.535. The van der Waals surface area contributed by atoms with Crippen molar-refractivity contribution in [2.45, 2.75) is 0 Å². The fourth-order valence-electron chi connectivity index (χ4n) is 0.883. The summed E-state index contributed by atoms with van der Waals surface area (Å²) < 4.78 is 0. The van der Waals surface area contributed by atoms with E-state index in [9.17, 15) is 0 Å². The molecule has 0 saturated carbocycles. The van der Waals surface area contributed by atoms with E-state index >= 15 is 0 Å². The second-order valence-corrected chi connectivity index (χ2v) is 1.96. The first-order valence-corrected chi connectivity index (χ1v) is 3.11. The molecule has 1 aromatic heterocycles. The average molecular weight is 146 g/mol. The van der Waals surface area contributed by atoms with Gasteiger partial charge in [-0.2, -0.15) is 5.10 Å². The van der Waals surface area contributed by atoms with Gasteiger partial charge in [0.25, 0.3) is 8.05 Å². The van der Waals surface area contributed by atoms with E-state index < -0.39 is 0 Å². The van der Waals surface area contributed by atoms with Gasteiger partial charge < -0.3 is 5.02 Å². The third-order valence-corrected chi connectivity index (χ3v) is 1.35. The molecule has 1 heterocycles. The fourth-order valence-corrected chi connectivity index (χ4v) is 0.883. The number of nitrogens with zero attached hydrogens (tertiary/aromatic N) is 1. The molecule has 54 valence electrons. The molecule has 2 rings (SSSR count). The number of benzene rings is 1. The van der Waals surface area contributed by atoms with Crippen molar-refractivity contribution in [1.82, 2.24) is 10.2 Å². The Morgan fingerprint density at radius 1 is 1.27 bits per heavy atom. The highest BCUT2D eigenvalue weighted by Crippen LogP contribution is 2.06. The van der Waals surface area contributed by atoms with E-state index in [2.05, 4.69) is 18.2 Å². The summed E-state index contributed by atoms with van der Waals surface area (Å²) in [5, 5.41) is 14.4.